The Morgan fingerprint density at radius 3 is 2.25 bits per heavy atom. The predicted octanol–water partition coefficient (Wildman–Crippen LogP) is 4.98. The molecule has 2 aromatic carbocycles. The highest BCUT2D eigenvalue weighted by Crippen LogP contribution is 2.30. The molecule has 4 nitrogen and oxygen atoms in total. The number of thioether (sulfide) groups is 1. The molecule has 2 aromatic rings. The summed E-state index contributed by atoms with van der Waals surface area (Å²) in [6.07, 6.45) is 2.13. The summed E-state index contributed by atoms with van der Waals surface area (Å²) in [7, 11) is 0. The van der Waals surface area contributed by atoms with Gasteiger partial charge in [-0.2, -0.15) is 0 Å². The van der Waals surface area contributed by atoms with Crippen molar-refractivity contribution in [1.82, 2.24) is 0 Å². The molecule has 0 radical (unpaired) electrons. The number of benzene rings is 2. The van der Waals surface area contributed by atoms with Crippen LogP contribution in [0.25, 0.3) is 0 Å². The summed E-state index contributed by atoms with van der Waals surface area (Å²) in [5.74, 6) is 0.580. The van der Waals surface area contributed by atoms with Gasteiger partial charge in [0.15, 0.2) is 5.17 Å². The Hall–Kier alpha value is -2.27. The smallest absolute Gasteiger partial charge is 0.283 e. The molecular formula is C19H21N3OS. The van der Waals surface area contributed by atoms with E-state index < -0.39 is 0 Å². The monoisotopic (exact) mass is 339 g/mol. The van der Waals surface area contributed by atoms with Crippen LogP contribution in [-0.4, -0.2) is 23.6 Å². The molecule has 24 heavy (non-hydrogen) atoms. The fourth-order valence-corrected chi connectivity index (χ4v) is 3.48. The number of rotatable bonds is 5. The van der Waals surface area contributed by atoms with E-state index in [1.807, 2.05) is 60.7 Å². The average molecular weight is 339 g/mol. The molecule has 2 amide bonds. The van der Waals surface area contributed by atoms with Crippen molar-refractivity contribution >= 4 is 34.3 Å². The zero-order valence-corrected chi connectivity index (χ0v) is 14.6. The molecule has 5 heteroatoms. The number of hydrogen-bond acceptors (Lipinski definition) is 3. The number of unbranched alkanes of at least 4 members (excludes halogenated alkanes) is 1. The Kier molecular flexibility index (Phi) is 5.54. The molecule has 0 aliphatic carbocycles. The molecule has 0 saturated carbocycles. The number of carbonyl (C=O) groups is 1. The molecule has 0 spiro atoms. The van der Waals surface area contributed by atoms with Crippen molar-refractivity contribution in [2.45, 2.75) is 19.8 Å². The maximum absolute atomic E-state index is 13.1. The number of aliphatic imine (C=N–C) groups is 1. The van der Waals surface area contributed by atoms with Crippen molar-refractivity contribution < 1.29 is 4.79 Å². The third-order valence-electron chi connectivity index (χ3n) is 3.78. The van der Waals surface area contributed by atoms with Gasteiger partial charge in [-0.3, -0.25) is 9.89 Å². The normalized spacial score (nSPS) is 16.7. The van der Waals surface area contributed by atoms with Crippen molar-refractivity contribution in [2.24, 2.45) is 4.99 Å². The van der Waals surface area contributed by atoms with Gasteiger partial charge in [0, 0.05) is 12.2 Å². The fourth-order valence-electron chi connectivity index (χ4n) is 2.48. The van der Waals surface area contributed by atoms with Gasteiger partial charge in [-0.25, -0.2) is 9.69 Å². The first kappa shape index (κ1) is 16.6. The third-order valence-corrected chi connectivity index (χ3v) is 4.73. The van der Waals surface area contributed by atoms with Crippen LogP contribution in [0.2, 0.25) is 0 Å². The highest BCUT2D eigenvalue weighted by Gasteiger charge is 2.33. The van der Waals surface area contributed by atoms with Crippen molar-refractivity contribution in [1.29, 1.82) is 0 Å². The van der Waals surface area contributed by atoms with Gasteiger partial charge in [0.25, 0.3) is 0 Å². The van der Waals surface area contributed by atoms with E-state index in [1.165, 1.54) is 0 Å². The van der Waals surface area contributed by atoms with Gasteiger partial charge >= 0.3 is 6.03 Å². The number of anilines is 2. The number of amides is 2. The fraction of sp³-hybridized carbons (Fsp3) is 0.263. The van der Waals surface area contributed by atoms with Crippen LogP contribution >= 0.6 is 11.8 Å². The van der Waals surface area contributed by atoms with Crippen molar-refractivity contribution in [3.05, 3.63) is 60.7 Å². The molecule has 0 unspecified atom stereocenters. The zero-order valence-electron chi connectivity index (χ0n) is 13.8. The summed E-state index contributed by atoms with van der Waals surface area (Å²) >= 11 is 1.60. The summed E-state index contributed by atoms with van der Waals surface area (Å²) in [4.78, 5) is 21.3. The first-order chi connectivity index (χ1) is 11.8. The molecule has 1 aliphatic rings. The molecule has 0 bridgehead atoms. The molecule has 124 valence electrons. The van der Waals surface area contributed by atoms with Crippen molar-refractivity contribution in [3.63, 3.8) is 0 Å². The van der Waals surface area contributed by atoms with Gasteiger partial charge in [-0.05, 0) is 30.7 Å². The van der Waals surface area contributed by atoms with E-state index in [4.69, 9.17) is 0 Å². The Bertz CT molecular complexity index is 703. The minimum atomic E-state index is -0.0543. The van der Waals surface area contributed by atoms with Crippen molar-refractivity contribution in [2.75, 3.05) is 22.2 Å². The van der Waals surface area contributed by atoms with Gasteiger partial charge < -0.3 is 0 Å². The molecular weight excluding hydrogens is 318 g/mol. The Morgan fingerprint density at radius 2 is 1.62 bits per heavy atom. The topological polar surface area (TPSA) is 35.9 Å². The van der Waals surface area contributed by atoms with Crippen LogP contribution in [0.4, 0.5) is 16.2 Å². The number of carbonyl (C=O) groups excluding carboxylic acids is 1. The van der Waals surface area contributed by atoms with Gasteiger partial charge in [0.1, 0.15) is 0 Å². The Balaban J connectivity index is 1.92. The molecule has 0 N–H and O–H groups in total. The summed E-state index contributed by atoms with van der Waals surface area (Å²) < 4.78 is 0. The van der Waals surface area contributed by atoms with E-state index in [9.17, 15) is 4.79 Å². The highest BCUT2D eigenvalue weighted by atomic mass is 32.2. The minimum Gasteiger partial charge on any atom is -0.283 e. The van der Waals surface area contributed by atoms with Crippen LogP contribution in [-0.2, 0) is 0 Å². The van der Waals surface area contributed by atoms with Crippen LogP contribution < -0.4 is 9.80 Å². The lowest BCUT2D eigenvalue weighted by molar-refractivity contribution is 0.255. The van der Waals surface area contributed by atoms with Crippen LogP contribution in [0.3, 0.4) is 0 Å². The molecule has 0 aromatic heterocycles. The lowest BCUT2D eigenvalue weighted by atomic mass is 10.3. The summed E-state index contributed by atoms with van der Waals surface area (Å²) in [6, 6.07) is 19.5. The van der Waals surface area contributed by atoms with Crippen LogP contribution in [0.15, 0.2) is 65.7 Å². The van der Waals surface area contributed by atoms with E-state index in [1.54, 1.807) is 21.6 Å². The van der Waals surface area contributed by atoms with Crippen LogP contribution in [0, 0.1) is 0 Å². The maximum atomic E-state index is 13.1. The van der Waals surface area contributed by atoms with Gasteiger partial charge in [-0.15, -0.1) is 0 Å². The SMILES string of the molecule is CCCCN=C1SCN(c2ccccc2)C(=O)N1c1ccccc1. The van der Waals surface area contributed by atoms with Crippen LogP contribution in [0.1, 0.15) is 19.8 Å². The zero-order chi connectivity index (χ0) is 16.8. The molecule has 1 saturated heterocycles. The lowest BCUT2D eigenvalue weighted by Gasteiger charge is -2.35. The van der Waals surface area contributed by atoms with Crippen molar-refractivity contribution in [3.8, 4) is 0 Å². The number of nitrogens with zero attached hydrogens (tertiary/aromatic N) is 3. The average Bonchev–Trinajstić information content (AvgIpc) is 2.63. The summed E-state index contributed by atoms with van der Waals surface area (Å²) in [5.41, 5.74) is 1.76. The maximum Gasteiger partial charge on any atom is 0.335 e. The van der Waals surface area contributed by atoms with Gasteiger partial charge in [-0.1, -0.05) is 61.5 Å². The van der Waals surface area contributed by atoms with E-state index >= 15 is 0 Å². The Morgan fingerprint density at radius 1 is 1.00 bits per heavy atom. The molecule has 0 atom stereocenters. The molecule has 1 fully saturated rings. The minimum absolute atomic E-state index is 0.0543. The van der Waals surface area contributed by atoms with E-state index in [2.05, 4.69) is 11.9 Å². The quantitative estimate of drug-likeness (QED) is 0.720. The Labute approximate surface area is 147 Å². The van der Waals surface area contributed by atoms with Crippen LogP contribution in [0.5, 0.6) is 0 Å². The second-order valence-corrected chi connectivity index (χ2v) is 6.42. The second kappa shape index (κ2) is 8.02. The lowest BCUT2D eigenvalue weighted by Crippen LogP contribution is -2.50. The van der Waals surface area contributed by atoms with Gasteiger partial charge in [0.05, 0.1) is 11.6 Å². The van der Waals surface area contributed by atoms with E-state index in [0.717, 1.165) is 35.9 Å². The molecule has 1 heterocycles. The highest BCUT2D eigenvalue weighted by molar-refractivity contribution is 8.14. The summed E-state index contributed by atoms with van der Waals surface area (Å²) in [5, 5.41) is 0.784. The molecule has 1 aliphatic heterocycles. The number of para-hydroxylation sites is 2. The predicted molar refractivity (Wildman–Crippen MR) is 103 cm³/mol. The number of hydrogen-bond donors (Lipinski definition) is 0. The largest absolute Gasteiger partial charge is 0.335 e. The first-order valence-electron chi connectivity index (χ1n) is 8.20. The third kappa shape index (κ3) is 3.62. The molecule has 3 rings (SSSR count). The second-order valence-electron chi connectivity index (χ2n) is 5.51. The van der Waals surface area contributed by atoms with Gasteiger partial charge in [0.2, 0.25) is 0 Å². The van der Waals surface area contributed by atoms with E-state index in [0.29, 0.717) is 5.88 Å². The number of urea groups is 1. The first-order valence-corrected chi connectivity index (χ1v) is 9.19. The van der Waals surface area contributed by atoms with E-state index in [-0.39, 0.29) is 6.03 Å². The summed E-state index contributed by atoms with van der Waals surface area (Å²) in [6.45, 7) is 2.90. The number of amidine groups is 1. The standard InChI is InChI=1S/C19H21N3OS/c1-2-3-14-20-18-22(17-12-8-5-9-13-17)19(23)21(15-24-18)16-10-6-4-7-11-16/h4-13H,2-3,14-15H2,1H3.